The van der Waals surface area contributed by atoms with Crippen molar-refractivity contribution in [3.8, 4) is 0 Å². The highest BCUT2D eigenvalue weighted by molar-refractivity contribution is 7.95. The number of anilines is 1. The van der Waals surface area contributed by atoms with E-state index in [1.807, 2.05) is 11.4 Å². The summed E-state index contributed by atoms with van der Waals surface area (Å²) in [4.78, 5) is 4.37. The lowest BCUT2D eigenvalue weighted by Gasteiger charge is -2.19. The standard InChI is InChI=1S/C13H9ClN4O2S2/c14-9-2-1-3-10(6-9)22(19,20)12-11-15-7-8-4-5-21-13(8)18(11)17-16-12/h1-7,16-17H. The van der Waals surface area contributed by atoms with Gasteiger partial charge in [0.2, 0.25) is 9.84 Å². The number of rotatable bonds is 2. The molecule has 2 aliphatic heterocycles. The minimum absolute atomic E-state index is 0.00469. The van der Waals surface area contributed by atoms with Gasteiger partial charge in [-0.15, -0.1) is 16.9 Å². The molecular formula is C13H9ClN4O2S2. The van der Waals surface area contributed by atoms with E-state index in [0.717, 1.165) is 10.6 Å². The molecule has 0 spiro atoms. The molecule has 2 aliphatic rings. The van der Waals surface area contributed by atoms with Crippen LogP contribution in [0.2, 0.25) is 5.02 Å². The fraction of sp³-hybridized carbons (Fsp3) is 0. The number of aliphatic imine (C=N–C) groups is 1. The zero-order valence-electron chi connectivity index (χ0n) is 10.9. The van der Waals surface area contributed by atoms with Gasteiger partial charge >= 0.3 is 0 Å². The summed E-state index contributed by atoms with van der Waals surface area (Å²) in [6.45, 7) is 0. The van der Waals surface area contributed by atoms with Crippen molar-refractivity contribution >= 4 is 44.0 Å². The van der Waals surface area contributed by atoms with Crippen LogP contribution >= 0.6 is 22.9 Å². The monoisotopic (exact) mass is 352 g/mol. The molecule has 9 heteroatoms. The molecule has 0 atom stereocenters. The van der Waals surface area contributed by atoms with Gasteiger partial charge in [0.1, 0.15) is 5.00 Å². The maximum atomic E-state index is 12.8. The third-order valence-corrected chi connectivity index (χ3v) is 6.12. The lowest BCUT2D eigenvalue weighted by atomic mass is 10.3. The second kappa shape index (κ2) is 4.82. The first-order chi connectivity index (χ1) is 10.6. The first kappa shape index (κ1) is 13.8. The summed E-state index contributed by atoms with van der Waals surface area (Å²) in [6.07, 6.45) is 1.65. The summed E-state index contributed by atoms with van der Waals surface area (Å²) in [5.41, 5.74) is 6.47. The summed E-state index contributed by atoms with van der Waals surface area (Å²) in [6, 6.07) is 8.06. The van der Waals surface area contributed by atoms with Gasteiger partial charge in [-0.3, -0.25) is 5.43 Å². The van der Waals surface area contributed by atoms with Crippen LogP contribution in [0, 0.1) is 0 Å². The van der Waals surface area contributed by atoms with Gasteiger partial charge in [-0.1, -0.05) is 17.7 Å². The van der Waals surface area contributed by atoms with E-state index in [-0.39, 0.29) is 9.92 Å². The van der Waals surface area contributed by atoms with Crippen LogP contribution in [0.1, 0.15) is 5.56 Å². The summed E-state index contributed by atoms with van der Waals surface area (Å²) in [7, 11) is -3.75. The SMILES string of the molecule is O=S(=O)(C1=C2N=Cc3ccsc3N2NN1)c1cccc(Cl)c1. The Morgan fingerprint density at radius 1 is 1.27 bits per heavy atom. The van der Waals surface area contributed by atoms with Gasteiger partial charge in [-0.2, -0.15) is 0 Å². The number of fused-ring (bicyclic) bond motifs is 3. The fourth-order valence-corrected chi connectivity index (χ4v) is 4.67. The fourth-order valence-electron chi connectivity index (χ4n) is 2.24. The van der Waals surface area contributed by atoms with Crippen LogP contribution in [0.15, 0.2) is 56.4 Å². The topological polar surface area (TPSA) is 73.8 Å². The van der Waals surface area contributed by atoms with Gasteiger partial charge in [-0.05, 0) is 29.6 Å². The Hall–Kier alpha value is -1.87. The Morgan fingerprint density at radius 3 is 2.95 bits per heavy atom. The molecule has 1 aromatic heterocycles. The molecule has 2 N–H and O–H groups in total. The molecule has 4 rings (SSSR count). The van der Waals surface area contributed by atoms with Gasteiger partial charge in [0.05, 0.1) is 4.90 Å². The molecule has 6 nitrogen and oxygen atoms in total. The van der Waals surface area contributed by atoms with Crippen molar-refractivity contribution in [3.63, 3.8) is 0 Å². The van der Waals surface area contributed by atoms with Gasteiger partial charge < -0.3 is 0 Å². The Kier molecular flexibility index (Phi) is 3.01. The summed E-state index contributed by atoms with van der Waals surface area (Å²) in [5, 5.41) is 4.79. The van der Waals surface area contributed by atoms with E-state index >= 15 is 0 Å². The van der Waals surface area contributed by atoms with E-state index in [2.05, 4.69) is 16.0 Å². The molecule has 0 amide bonds. The van der Waals surface area contributed by atoms with Crippen molar-refractivity contribution < 1.29 is 8.42 Å². The molecule has 0 bridgehead atoms. The van der Waals surface area contributed by atoms with E-state index in [4.69, 9.17) is 11.6 Å². The third kappa shape index (κ3) is 1.96. The highest BCUT2D eigenvalue weighted by Crippen LogP contribution is 2.36. The molecule has 0 saturated carbocycles. The van der Waals surface area contributed by atoms with E-state index in [0.29, 0.717) is 10.8 Å². The highest BCUT2D eigenvalue weighted by Gasteiger charge is 2.36. The van der Waals surface area contributed by atoms with E-state index in [9.17, 15) is 8.42 Å². The number of thiophene rings is 1. The summed E-state index contributed by atoms with van der Waals surface area (Å²) >= 11 is 7.39. The van der Waals surface area contributed by atoms with Gasteiger partial charge in [-0.25, -0.2) is 18.4 Å². The molecular weight excluding hydrogens is 344 g/mol. The van der Waals surface area contributed by atoms with Crippen LogP contribution < -0.4 is 16.0 Å². The highest BCUT2D eigenvalue weighted by atomic mass is 35.5. The van der Waals surface area contributed by atoms with Crippen molar-refractivity contribution in [3.05, 3.63) is 57.1 Å². The number of halogens is 1. The number of benzene rings is 1. The predicted molar refractivity (Wildman–Crippen MR) is 86.3 cm³/mol. The number of hydrogen-bond donors (Lipinski definition) is 2. The molecule has 3 heterocycles. The minimum atomic E-state index is -3.75. The Bertz CT molecular complexity index is 933. The van der Waals surface area contributed by atoms with Crippen molar-refractivity contribution in [1.29, 1.82) is 0 Å². The molecule has 0 radical (unpaired) electrons. The van der Waals surface area contributed by atoms with Crippen LogP contribution in [0.4, 0.5) is 5.00 Å². The second-order valence-electron chi connectivity index (χ2n) is 4.63. The average Bonchev–Trinajstić information content (AvgIpc) is 3.13. The Morgan fingerprint density at radius 2 is 2.14 bits per heavy atom. The molecule has 0 fully saturated rings. The number of nitrogens with zero attached hydrogens (tertiary/aromatic N) is 2. The van der Waals surface area contributed by atoms with Gasteiger partial charge in [0, 0.05) is 16.8 Å². The zero-order chi connectivity index (χ0) is 15.3. The summed E-state index contributed by atoms with van der Waals surface area (Å²) in [5.74, 6) is 0.315. The molecule has 0 aliphatic carbocycles. The van der Waals surface area contributed by atoms with Gasteiger partial charge in [0.15, 0.2) is 10.9 Å². The first-order valence-corrected chi connectivity index (χ1v) is 9.00. The predicted octanol–water partition coefficient (Wildman–Crippen LogP) is 2.26. The van der Waals surface area contributed by atoms with Crippen molar-refractivity contribution in [2.24, 2.45) is 4.99 Å². The number of nitrogens with one attached hydrogen (secondary N) is 2. The molecule has 22 heavy (non-hydrogen) atoms. The molecule has 112 valence electrons. The van der Waals surface area contributed by atoms with Crippen LogP contribution in [0.25, 0.3) is 0 Å². The largest absolute Gasteiger partial charge is 0.290 e. The maximum Gasteiger partial charge on any atom is 0.226 e. The minimum Gasteiger partial charge on any atom is -0.290 e. The Labute approximate surface area is 135 Å². The van der Waals surface area contributed by atoms with Crippen LogP contribution in [0.5, 0.6) is 0 Å². The molecule has 0 saturated heterocycles. The molecule has 2 aromatic rings. The number of hydrogen-bond acceptors (Lipinski definition) is 7. The molecule has 1 aromatic carbocycles. The quantitative estimate of drug-likeness (QED) is 0.867. The van der Waals surface area contributed by atoms with E-state index in [1.54, 1.807) is 23.4 Å². The van der Waals surface area contributed by atoms with E-state index in [1.165, 1.54) is 23.5 Å². The number of hydrazine groups is 2. The smallest absolute Gasteiger partial charge is 0.226 e. The molecule has 0 unspecified atom stereocenters. The van der Waals surface area contributed by atoms with E-state index < -0.39 is 9.84 Å². The Balaban J connectivity index is 1.85. The van der Waals surface area contributed by atoms with Crippen LogP contribution in [-0.4, -0.2) is 14.6 Å². The normalized spacial score (nSPS) is 16.5. The third-order valence-electron chi connectivity index (χ3n) is 3.27. The van der Waals surface area contributed by atoms with Crippen molar-refractivity contribution in [2.75, 3.05) is 5.01 Å². The number of sulfone groups is 1. The average molecular weight is 353 g/mol. The van der Waals surface area contributed by atoms with Crippen LogP contribution in [0.3, 0.4) is 0 Å². The lowest BCUT2D eigenvalue weighted by Crippen LogP contribution is -2.39. The van der Waals surface area contributed by atoms with Gasteiger partial charge in [0.25, 0.3) is 0 Å². The second-order valence-corrected chi connectivity index (χ2v) is 7.84. The van der Waals surface area contributed by atoms with Crippen LogP contribution in [-0.2, 0) is 9.84 Å². The lowest BCUT2D eigenvalue weighted by molar-refractivity contribution is 0.593. The van der Waals surface area contributed by atoms with Crippen molar-refractivity contribution in [2.45, 2.75) is 4.90 Å². The van der Waals surface area contributed by atoms with Crippen molar-refractivity contribution in [1.82, 2.24) is 11.0 Å². The zero-order valence-corrected chi connectivity index (χ0v) is 13.3. The maximum absolute atomic E-state index is 12.8. The first-order valence-electron chi connectivity index (χ1n) is 6.26. The summed E-state index contributed by atoms with van der Waals surface area (Å²) < 4.78 is 25.6.